The third kappa shape index (κ3) is 6.90. The van der Waals surface area contributed by atoms with E-state index in [1.54, 1.807) is 24.8 Å². The second kappa shape index (κ2) is 11.1. The molecule has 5 nitrogen and oxygen atoms in total. The summed E-state index contributed by atoms with van der Waals surface area (Å²) >= 11 is 0. The number of rotatable bonds is 6. The van der Waals surface area contributed by atoms with E-state index in [4.69, 9.17) is 5.73 Å². The Bertz CT molecular complexity index is 598. The largest absolute Gasteiger partial charge is 0.366 e. The highest BCUT2D eigenvalue weighted by Crippen LogP contribution is 2.19. The minimum absolute atomic E-state index is 0. The highest BCUT2D eigenvalue weighted by atomic mass is 127. The van der Waals surface area contributed by atoms with Gasteiger partial charge in [-0.05, 0) is 49.8 Å². The van der Waals surface area contributed by atoms with E-state index in [9.17, 15) is 4.79 Å². The Labute approximate surface area is 161 Å². The van der Waals surface area contributed by atoms with Crippen molar-refractivity contribution >= 4 is 35.8 Å². The number of carbonyl (C=O) groups excluding carboxylic acids is 1. The van der Waals surface area contributed by atoms with Gasteiger partial charge >= 0.3 is 0 Å². The molecular weight excluding hydrogens is 415 g/mol. The third-order valence-corrected chi connectivity index (χ3v) is 4.02. The first-order valence-corrected chi connectivity index (χ1v) is 8.20. The number of aliphatic imine (C=N–C) groups is 1. The second-order valence-electron chi connectivity index (χ2n) is 5.78. The molecule has 132 valence electrons. The monoisotopic (exact) mass is 442 g/mol. The molecule has 0 unspecified atom stereocenters. The molecular formula is C18H27IN4O. The molecule has 0 heterocycles. The zero-order valence-electron chi connectivity index (χ0n) is 14.2. The number of hydrogen-bond acceptors (Lipinski definition) is 2. The lowest BCUT2D eigenvalue weighted by Crippen LogP contribution is -2.37. The van der Waals surface area contributed by atoms with Crippen LogP contribution in [0.4, 0.5) is 0 Å². The van der Waals surface area contributed by atoms with Crippen LogP contribution in [0.1, 0.15) is 48.0 Å². The molecule has 0 fully saturated rings. The second-order valence-corrected chi connectivity index (χ2v) is 5.78. The number of nitrogens with two attached hydrogens (primary N) is 1. The average Bonchev–Trinajstić information content (AvgIpc) is 2.59. The van der Waals surface area contributed by atoms with E-state index in [-0.39, 0.29) is 24.0 Å². The summed E-state index contributed by atoms with van der Waals surface area (Å²) in [6.07, 6.45) is 8.53. The van der Waals surface area contributed by atoms with Crippen LogP contribution in [-0.2, 0) is 6.54 Å². The van der Waals surface area contributed by atoms with Crippen molar-refractivity contribution in [3.05, 3.63) is 47.0 Å². The lowest BCUT2D eigenvalue weighted by molar-refractivity contribution is 0.1000. The van der Waals surface area contributed by atoms with Gasteiger partial charge in [0.05, 0.1) is 0 Å². The zero-order valence-corrected chi connectivity index (χ0v) is 16.5. The van der Waals surface area contributed by atoms with Gasteiger partial charge in [-0.2, -0.15) is 0 Å². The molecule has 0 aliphatic heterocycles. The number of guanidine groups is 1. The maximum Gasteiger partial charge on any atom is 0.248 e. The van der Waals surface area contributed by atoms with Crippen LogP contribution in [0.2, 0.25) is 0 Å². The van der Waals surface area contributed by atoms with Crippen LogP contribution in [0.3, 0.4) is 0 Å². The van der Waals surface area contributed by atoms with Crippen LogP contribution in [0.15, 0.2) is 40.9 Å². The summed E-state index contributed by atoms with van der Waals surface area (Å²) in [5.74, 6) is 0.362. The van der Waals surface area contributed by atoms with Gasteiger partial charge in [0.2, 0.25) is 5.91 Å². The van der Waals surface area contributed by atoms with Gasteiger partial charge in [0.25, 0.3) is 0 Å². The first-order valence-electron chi connectivity index (χ1n) is 8.20. The van der Waals surface area contributed by atoms with Crippen LogP contribution in [0.25, 0.3) is 0 Å². The molecule has 1 amide bonds. The van der Waals surface area contributed by atoms with E-state index < -0.39 is 5.91 Å². The molecule has 0 saturated carbocycles. The SMILES string of the molecule is CN=C(NCCC1=CCCCC1)NCc1cccc(C(N)=O)c1.I. The summed E-state index contributed by atoms with van der Waals surface area (Å²) in [5.41, 5.74) is 8.37. The van der Waals surface area contributed by atoms with Crippen molar-refractivity contribution in [1.29, 1.82) is 0 Å². The van der Waals surface area contributed by atoms with E-state index in [1.165, 1.54) is 25.7 Å². The maximum absolute atomic E-state index is 11.2. The van der Waals surface area contributed by atoms with Gasteiger partial charge in [-0.15, -0.1) is 24.0 Å². The predicted octanol–water partition coefficient (Wildman–Crippen LogP) is 2.96. The molecule has 1 aliphatic carbocycles. The number of halogens is 1. The molecule has 0 atom stereocenters. The van der Waals surface area contributed by atoms with Crippen LogP contribution in [-0.4, -0.2) is 25.5 Å². The molecule has 0 bridgehead atoms. The number of allylic oxidation sites excluding steroid dienone is 1. The van der Waals surface area contributed by atoms with E-state index >= 15 is 0 Å². The minimum atomic E-state index is -0.407. The fraction of sp³-hybridized carbons (Fsp3) is 0.444. The fourth-order valence-electron chi connectivity index (χ4n) is 2.71. The average molecular weight is 442 g/mol. The Morgan fingerprint density at radius 1 is 1.29 bits per heavy atom. The third-order valence-electron chi connectivity index (χ3n) is 4.02. The summed E-state index contributed by atoms with van der Waals surface area (Å²) in [6, 6.07) is 7.31. The number of nitrogens with zero attached hydrogens (tertiary/aromatic N) is 1. The van der Waals surface area contributed by atoms with Crippen LogP contribution < -0.4 is 16.4 Å². The molecule has 6 heteroatoms. The Kier molecular flexibility index (Phi) is 9.44. The van der Waals surface area contributed by atoms with Crippen LogP contribution in [0.5, 0.6) is 0 Å². The number of nitrogens with one attached hydrogen (secondary N) is 2. The molecule has 0 saturated heterocycles. The molecule has 1 aromatic carbocycles. The van der Waals surface area contributed by atoms with Crippen molar-refractivity contribution in [3.8, 4) is 0 Å². The van der Waals surface area contributed by atoms with Gasteiger partial charge in [0.1, 0.15) is 0 Å². The van der Waals surface area contributed by atoms with Crippen molar-refractivity contribution in [3.63, 3.8) is 0 Å². The molecule has 0 aromatic heterocycles. The summed E-state index contributed by atoms with van der Waals surface area (Å²) in [5, 5.41) is 6.59. The van der Waals surface area contributed by atoms with Crippen molar-refractivity contribution in [2.24, 2.45) is 10.7 Å². The van der Waals surface area contributed by atoms with Crippen LogP contribution >= 0.6 is 24.0 Å². The van der Waals surface area contributed by atoms with Gasteiger partial charge in [-0.3, -0.25) is 9.79 Å². The standard InChI is InChI=1S/C18H26N4O.HI/c1-20-18(21-11-10-14-6-3-2-4-7-14)22-13-15-8-5-9-16(12-15)17(19)23;/h5-6,8-9,12H,2-4,7,10-11,13H2,1H3,(H2,19,23)(H2,20,21,22);1H. The summed E-state index contributed by atoms with van der Waals surface area (Å²) in [4.78, 5) is 15.4. The highest BCUT2D eigenvalue weighted by molar-refractivity contribution is 14.0. The Hall–Kier alpha value is -1.57. The molecule has 2 rings (SSSR count). The number of carbonyl (C=O) groups is 1. The van der Waals surface area contributed by atoms with Gasteiger partial charge in [0.15, 0.2) is 5.96 Å². The van der Waals surface area contributed by atoms with Crippen molar-refractivity contribution in [1.82, 2.24) is 10.6 Å². The lowest BCUT2D eigenvalue weighted by atomic mass is 9.97. The van der Waals surface area contributed by atoms with Gasteiger partial charge in [0, 0.05) is 25.7 Å². The summed E-state index contributed by atoms with van der Waals surface area (Å²) in [6.45, 7) is 1.48. The number of hydrogen-bond donors (Lipinski definition) is 3. The van der Waals surface area contributed by atoms with E-state index in [0.717, 1.165) is 24.5 Å². The minimum Gasteiger partial charge on any atom is -0.366 e. The molecule has 1 aromatic rings. The van der Waals surface area contributed by atoms with Gasteiger partial charge in [-0.1, -0.05) is 23.8 Å². The van der Waals surface area contributed by atoms with Gasteiger partial charge < -0.3 is 16.4 Å². The Morgan fingerprint density at radius 3 is 2.79 bits per heavy atom. The molecule has 0 radical (unpaired) electrons. The van der Waals surface area contributed by atoms with Gasteiger partial charge in [-0.25, -0.2) is 0 Å². The predicted molar refractivity (Wildman–Crippen MR) is 110 cm³/mol. The molecule has 1 aliphatic rings. The van der Waals surface area contributed by atoms with Crippen molar-refractivity contribution < 1.29 is 4.79 Å². The first-order chi connectivity index (χ1) is 11.2. The normalized spacial score (nSPS) is 14.4. The zero-order chi connectivity index (χ0) is 16.5. The summed E-state index contributed by atoms with van der Waals surface area (Å²) < 4.78 is 0. The molecule has 24 heavy (non-hydrogen) atoms. The topological polar surface area (TPSA) is 79.5 Å². The highest BCUT2D eigenvalue weighted by Gasteiger charge is 2.05. The first kappa shape index (κ1) is 20.5. The Balaban J connectivity index is 0.00000288. The van der Waals surface area contributed by atoms with E-state index in [0.29, 0.717) is 12.1 Å². The van der Waals surface area contributed by atoms with E-state index in [1.807, 2.05) is 12.1 Å². The maximum atomic E-state index is 11.2. The molecule has 0 spiro atoms. The summed E-state index contributed by atoms with van der Waals surface area (Å²) in [7, 11) is 1.76. The van der Waals surface area contributed by atoms with E-state index in [2.05, 4.69) is 21.7 Å². The smallest absolute Gasteiger partial charge is 0.248 e. The number of amides is 1. The van der Waals surface area contributed by atoms with Crippen LogP contribution in [0, 0.1) is 0 Å². The number of benzene rings is 1. The number of primary amides is 1. The fourth-order valence-corrected chi connectivity index (χ4v) is 2.71. The lowest BCUT2D eigenvalue weighted by Gasteiger charge is -2.15. The van der Waals surface area contributed by atoms with Crippen molar-refractivity contribution in [2.45, 2.75) is 38.6 Å². The van der Waals surface area contributed by atoms with Crippen molar-refractivity contribution in [2.75, 3.05) is 13.6 Å². The quantitative estimate of drug-likeness (QED) is 0.274. The molecule has 4 N–H and O–H groups in total. The Morgan fingerprint density at radius 2 is 2.12 bits per heavy atom.